The first-order valence-corrected chi connectivity index (χ1v) is 2.63. The van der Waals surface area contributed by atoms with Crippen LogP contribution in [0.2, 0.25) is 0 Å². The van der Waals surface area contributed by atoms with Gasteiger partial charge in [-0.15, -0.1) is 4.52 Å². The van der Waals surface area contributed by atoms with Gasteiger partial charge >= 0.3 is 30.0 Å². The third kappa shape index (κ3) is 6.69. The average molecular weight is 173 g/mol. The van der Waals surface area contributed by atoms with E-state index in [2.05, 4.69) is 14.1 Å². The molecule has 0 bridgehead atoms. The molecule has 44 valence electrons. The van der Waals surface area contributed by atoms with Crippen molar-refractivity contribution in [2.45, 2.75) is 0 Å². The first kappa shape index (κ1) is 11.5. The van der Waals surface area contributed by atoms with E-state index in [-0.39, 0.29) is 21.7 Å². The molecule has 0 saturated carbocycles. The molecule has 0 heterocycles. The molecule has 0 rings (SSSR count). The Labute approximate surface area is 63.3 Å². The van der Waals surface area contributed by atoms with Crippen molar-refractivity contribution in [2.24, 2.45) is 0 Å². The van der Waals surface area contributed by atoms with Gasteiger partial charge in [-0.3, -0.25) is 0 Å². The zero-order valence-corrected chi connectivity index (χ0v) is 7.04. The smallest absolute Gasteiger partial charge is 0.191 e. The van der Waals surface area contributed by atoms with Gasteiger partial charge in [-0.2, -0.15) is 4.89 Å². The summed E-state index contributed by atoms with van der Waals surface area (Å²) < 4.78 is 18.1. The van der Waals surface area contributed by atoms with Gasteiger partial charge in [0, 0.05) is 4.57 Å². The van der Waals surface area contributed by atoms with Gasteiger partial charge < -0.3 is 0 Å². The van der Waals surface area contributed by atoms with Crippen LogP contribution in [0.1, 0.15) is 0 Å². The predicted molar refractivity (Wildman–Crippen MR) is 22.7 cm³/mol. The molecule has 4 nitrogen and oxygen atoms in total. The van der Waals surface area contributed by atoms with Crippen molar-refractivity contribution < 1.29 is 40.4 Å². The Bertz CT molecular complexity index is 67.1. The zero-order valence-electron chi connectivity index (χ0n) is 4.58. The molecule has 0 aliphatic rings. The van der Waals surface area contributed by atoms with Gasteiger partial charge in [0.1, 0.15) is 0 Å². The fraction of sp³-hybridized carbons (Fsp3) is 1.00. The Morgan fingerprint density at radius 2 is 1.88 bits per heavy atom. The second-order valence-corrected chi connectivity index (χ2v) is 1.61. The standard InChI is InChI=1S/C2H6O4P.Ti/c1-4-6-7(3)5-2;/h1-2H3;/q+1;+2. The molecule has 0 fully saturated rings. The minimum atomic E-state index is -2.05. The fourth-order valence-electron chi connectivity index (χ4n) is 0.0913. The first-order valence-electron chi connectivity index (χ1n) is 1.53. The van der Waals surface area contributed by atoms with Crippen LogP contribution in [0, 0.1) is 0 Å². The van der Waals surface area contributed by atoms with E-state index in [1.165, 1.54) is 14.2 Å². The Kier molecular flexibility index (Phi) is 11.0. The molecule has 0 aliphatic heterocycles. The first-order chi connectivity index (χ1) is 3.31. The summed E-state index contributed by atoms with van der Waals surface area (Å²) in [6, 6.07) is 0. The quantitative estimate of drug-likeness (QED) is 0.275. The molecular weight excluding hydrogens is 167 g/mol. The van der Waals surface area contributed by atoms with Crippen molar-refractivity contribution in [3.8, 4) is 0 Å². The van der Waals surface area contributed by atoms with Crippen LogP contribution >= 0.6 is 8.25 Å². The minimum Gasteiger partial charge on any atom is -0.191 e. The molecule has 6 heteroatoms. The summed E-state index contributed by atoms with van der Waals surface area (Å²) >= 11 is 0. The molecule has 1 unspecified atom stereocenters. The SMILES string of the molecule is COO[P+](=O)OC.[Ti+2]. The minimum absolute atomic E-state index is 0. The van der Waals surface area contributed by atoms with Gasteiger partial charge in [-0.1, -0.05) is 0 Å². The second-order valence-electron chi connectivity index (χ2n) is 0.647. The fourth-order valence-corrected chi connectivity index (χ4v) is 0.274. The molecule has 0 aromatic rings. The normalized spacial score (nSPS) is 10.0. The van der Waals surface area contributed by atoms with E-state index in [1.54, 1.807) is 0 Å². The van der Waals surface area contributed by atoms with Crippen LogP contribution in [0.4, 0.5) is 0 Å². The summed E-state index contributed by atoms with van der Waals surface area (Å²) in [6.45, 7) is 0. The maximum absolute atomic E-state index is 9.99. The van der Waals surface area contributed by atoms with E-state index in [1.807, 2.05) is 0 Å². The van der Waals surface area contributed by atoms with Crippen LogP contribution in [0.15, 0.2) is 0 Å². The predicted octanol–water partition coefficient (Wildman–Crippen LogP) is 0.866. The van der Waals surface area contributed by atoms with Crippen molar-refractivity contribution in [1.82, 2.24) is 0 Å². The monoisotopic (exact) mass is 173 g/mol. The maximum atomic E-state index is 9.99. The van der Waals surface area contributed by atoms with Gasteiger partial charge in [0.25, 0.3) is 0 Å². The van der Waals surface area contributed by atoms with Crippen molar-refractivity contribution in [3.63, 3.8) is 0 Å². The molecular formula is C2H6O4PTi+3. The van der Waals surface area contributed by atoms with E-state index < -0.39 is 8.25 Å². The van der Waals surface area contributed by atoms with Crippen molar-refractivity contribution in [3.05, 3.63) is 0 Å². The van der Waals surface area contributed by atoms with Gasteiger partial charge in [0.05, 0.1) is 18.9 Å². The van der Waals surface area contributed by atoms with Gasteiger partial charge in [0.15, 0.2) is 0 Å². The number of hydrogen-bond donors (Lipinski definition) is 0. The Morgan fingerprint density at radius 1 is 1.38 bits per heavy atom. The molecule has 0 aromatic heterocycles. The van der Waals surface area contributed by atoms with Crippen LogP contribution in [0.25, 0.3) is 0 Å². The van der Waals surface area contributed by atoms with Crippen LogP contribution in [-0.2, 0) is 40.4 Å². The summed E-state index contributed by atoms with van der Waals surface area (Å²) in [4.78, 5) is 3.99. The van der Waals surface area contributed by atoms with Gasteiger partial charge in [-0.25, -0.2) is 0 Å². The third-order valence-corrected chi connectivity index (χ3v) is 0.853. The average Bonchev–Trinajstić information content (AvgIpc) is 1.68. The van der Waals surface area contributed by atoms with E-state index in [0.29, 0.717) is 0 Å². The number of hydrogen-bond acceptors (Lipinski definition) is 4. The Hall–Kier alpha value is 0.694. The van der Waals surface area contributed by atoms with E-state index in [9.17, 15) is 4.57 Å². The van der Waals surface area contributed by atoms with Gasteiger partial charge in [-0.05, 0) is 0 Å². The van der Waals surface area contributed by atoms with E-state index in [0.717, 1.165) is 0 Å². The molecule has 0 N–H and O–H groups in total. The van der Waals surface area contributed by atoms with Crippen molar-refractivity contribution in [2.75, 3.05) is 14.2 Å². The summed E-state index contributed by atoms with van der Waals surface area (Å²) in [6.07, 6.45) is 0. The molecule has 0 amide bonds. The molecule has 0 aromatic carbocycles. The summed E-state index contributed by atoms with van der Waals surface area (Å²) in [5.74, 6) is 0. The van der Waals surface area contributed by atoms with Crippen molar-refractivity contribution >= 4 is 8.25 Å². The van der Waals surface area contributed by atoms with E-state index in [4.69, 9.17) is 0 Å². The van der Waals surface area contributed by atoms with Crippen LogP contribution in [0.5, 0.6) is 0 Å². The molecule has 0 spiro atoms. The largest absolute Gasteiger partial charge is 2.00 e. The van der Waals surface area contributed by atoms with E-state index >= 15 is 0 Å². The summed E-state index contributed by atoms with van der Waals surface area (Å²) in [5, 5.41) is 0. The van der Waals surface area contributed by atoms with Crippen molar-refractivity contribution in [1.29, 1.82) is 0 Å². The Balaban J connectivity index is 0. The summed E-state index contributed by atoms with van der Waals surface area (Å²) in [5.41, 5.74) is 0. The van der Waals surface area contributed by atoms with Gasteiger partial charge in [0.2, 0.25) is 0 Å². The molecule has 1 atom stereocenters. The van der Waals surface area contributed by atoms with Crippen LogP contribution in [-0.4, -0.2) is 14.2 Å². The Morgan fingerprint density at radius 3 is 2.00 bits per heavy atom. The molecule has 8 heavy (non-hydrogen) atoms. The van der Waals surface area contributed by atoms with Crippen LogP contribution in [0.3, 0.4) is 0 Å². The number of rotatable bonds is 3. The zero-order chi connectivity index (χ0) is 5.70. The van der Waals surface area contributed by atoms with Crippen LogP contribution < -0.4 is 0 Å². The molecule has 0 radical (unpaired) electrons. The molecule has 0 saturated heterocycles. The topological polar surface area (TPSA) is 44.8 Å². The molecule has 0 aliphatic carbocycles. The maximum Gasteiger partial charge on any atom is 2.00 e. The summed E-state index contributed by atoms with van der Waals surface area (Å²) in [7, 11) is 0.467. The third-order valence-electron chi connectivity index (χ3n) is 0.284. The second kappa shape index (κ2) is 7.69.